The van der Waals surface area contributed by atoms with E-state index in [2.05, 4.69) is 28.7 Å². The minimum absolute atomic E-state index is 0.899. The number of nitriles is 1. The minimum atomic E-state index is 0.899. The molecule has 0 aliphatic heterocycles. The monoisotopic (exact) mass is 231 g/mol. The zero-order chi connectivity index (χ0) is 6.69. The Kier molecular flexibility index (Phi) is 2.29. The zero-order valence-corrected chi connectivity index (χ0v) is 7.05. The molecule has 0 N–H and O–H groups in total. The van der Waals surface area contributed by atoms with E-state index < -0.39 is 0 Å². The van der Waals surface area contributed by atoms with Crippen LogP contribution in [0.25, 0.3) is 0 Å². The summed E-state index contributed by atoms with van der Waals surface area (Å²) in [5.41, 5.74) is 0.899. The van der Waals surface area contributed by atoms with E-state index in [1.807, 2.05) is 12.2 Å². The predicted molar refractivity (Wildman–Crippen MR) is 45.0 cm³/mol. The highest BCUT2D eigenvalue weighted by atomic mass is 127. The van der Waals surface area contributed by atoms with Gasteiger partial charge in [-0.05, 0) is 45.1 Å². The summed E-state index contributed by atoms with van der Waals surface area (Å²) in [6.07, 6.45) is 5.86. The molecule has 0 aromatic rings. The topological polar surface area (TPSA) is 23.8 Å². The lowest BCUT2D eigenvalue weighted by Gasteiger charge is -2.02. The number of allylic oxidation sites excluding steroid dienone is 4. The molecule has 1 aliphatic carbocycles. The Bertz CT molecular complexity index is 207. The van der Waals surface area contributed by atoms with Crippen molar-refractivity contribution in [1.82, 2.24) is 0 Å². The maximum atomic E-state index is 8.43. The van der Waals surface area contributed by atoms with Gasteiger partial charge in [-0.2, -0.15) is 5.26 Å². The minimum Gasteiger partial charge on any atom is -0.193 e. The highest BCUT2D eigenvalue weighted by Gasteiger charge is 2.01. The Morgan fingerprint density at radius 1 is 1.44 bits per heavy atom. The zero-order valence-electron chi connectivity index (χ0n) is 4.89. The van der Waals surface area contributed by atoms with E-state index >= 15 is 0 Å². The van der Waals surface area contributed by atoms with Crippen molar-refractivity contribution >= 4 is 22.6 Å². The van der Waals surface area contributed by atoms with Crippen LogP contribution >= 0.6 is 22.6 Å². The summed E-state index contributed by atoms with van der Waals surface area (Å²) in [5.74, 6) is 0. The molecule has 1 nitrogen and oxygen atoms in total. The Labute approximate surface area is 68.2 Å². The Balaban J connectivity index is 2.73. The molecule has 0 radical (unpaired) electrons. The lowest BCUT2D eigenvalue weighted by atomic mass is 10.1. The Morgan fingerprint density at radius 3 is 2.67 bits per heavy atom. The van der Waals surface area contributed by atoms with Gasteiger partial charge in [-0.15, -0.1) is 0 Å². The van der Waals surface area contributed by atoms with Crippen molar-refractivity contribution in [3.05, 3.63) is 21.3 Å². The van der Waals surface area contributed by atoms with E-state index in [0.29, 0.717) is 0 Å². The van der Waals surface area contributed by atoms with Crippen LogP contribution in [0.15, 0.2) is 21.3 Å². The van der Waals surface area contributed by atoms with Gasteiger partial charge in [0.15, 0.2) is 0 Å². The van der Waals surface area contributed by atoms with Crippen molar-refractivity contribution in [2.45, 2.75) is 12.8 Å². The molecule has 46 valence electrons. The van der Waals surface area contributed by atoms with Gasteiger partial charge >= 0.3 is 0 Å². The molecule has 0 saturated heterocycles. The molecule has 0 atom stereocenters. The van der Waals surface area contributed by atoms with Gasteiger partial charge in [0.25, 0.3) is 0 Å². The summed E-state index contributed by atoms with van der Waals surface area (Å²) in [6, 6.07) is 2.14. The summed E-state index contributed by atoms with van der Waals surface area (Å²) in [5, 5.41) is 8.43. The third-order valence-corrected chi connectivity index (χ3v) is 2.14. The number of rotatable bonds is 0. The predicted octanol–water partition coefficient (Wildman–Crippen LogP) is 2.55. The van der Waals surface area contributed by atoms with Crippen LogP contribution in [0, 0.1) is 11.3 Å². The van der Waals surface area contributed by atoms with E-state index in [9.17, 15) is 0 Å². The molecule has 1 rings (SSSR count). The van der Waals surface area contributed by atoms with Gasteiger partial charge in [0.2, 0.25) is 0 Å². The van der Waals surface area contributed by atoms with E-state index in [4.69, 9.17) is 5.26 Å². The average molecular weight is 231 g/mol. The van der Waals surface area contributed by atoms with Gasteiger partial charge in [-0.3, -0.25) is 0 Å². The van der Waals surface area contributed by atoms with Crippen molar-refractivity contribution in [3.63, 3.8) is 0 Å². The fourth-order valence-electron chi connectivity index (χ4n) is 0.705. The molecule has 0 fully saturated rings. The van der Waals surface area contributed by atoms with Crippen LogP contribution in [-0.2, 0) is 0 Å². The molecule has 0 saturated carbocycles. The first-order valence-electron chi connectivity index (χ1n) is 2.78. The number of hydrogen-bond donors (Lipinski definition) is 0. The number of halogens is 1. The van der Waals surface area contributed by atoms with Crippen LogP contribution in [0.2, 0.25) is 0 Å². The van der Waals surface area contributed by atoms with Gasteiger partial charge < -0.3 is 0 Å². The van der Waals surface area contributed by atoms with Crippen LogP contribution in [0.4, 0.5) is 0 Å². The molecular formula is C7H6IN. The van der Waals surface area contributed by atoms with Crippen LogP contribution in [0.5, 0.6) is 0 Å². The van der Waals surface area contributed by atoms with Crippen molar-refractivity contribution in [3.8, 4) is 6.07 Å². The molecule has 2 heteroatoms. The third-order valence-electron chi connectivity index (χ3n) is 1.24. The van der Waals surface area contributed by atoms with Gasteiger partial charge in [-0.1, -0.05) is 6.08 Å². The molecule has 0 bridgehead atoms. The first-order valence-corrected chi connectivity index (χ1v) is 3.86. The molecule has 1 aliphatic rings. The summed E-state index contributed by atoms with van der Waals surface area (Å²) < 4.78 is 1.34. The van der Waals surface area contributed by atoms with E-state index in [1.165, 1.54) is 3.58 Å². The van der Waals surface area contributed by atoms with Crippen molar-refractivity contribution < 1.29 is 0 Å². The smallest absolute Gasteiger partial charge is 0.0947 e. The fraction of sp³-hybridized carbons (Fsp3) is 0.286. The van der Waals surface area contributed by atoms with E-state index in [0.717, 1.165) is 18.4 Å². The van der Waals surface area contributed by atoms with Crippen molar-refractivity contribution in [1.29, 1.82) is 5.26 Å². The lowest BCUT2D eigenvalue weighted by molar-refractivity contribution is 0.988. The molecular weight excluding hydrogens is 225 g/mol. The Hall–Kier alpha value is -0.300. The second-order valence-electron chi connectivity index (χ2n) is 1.92. The highest BCUT2D eigenvalue weighted by Crippen LogP contribution is 2.21. The standard InChI is InChI=1S/C7H6IN/c8-7-3-1-6(5-9)2-4-7/h1,3H,2,4H2. The van der Waals surface area contributed by atoms with E-state index in [-0.39, 0.29) is 0 Å². The SMILES string of the molecule is N#CC1=CC=C(I)CC1. The largest absolute Gasteiger partial charge is 0.193 e. The molecule has 0 heterocycles. The first-order chi connectivity index (χ1) is 4.33. The summed E-state index contributed by atoms with van der Waals surface area (Å²) >= 11 is 2.29. The normalized spacial score (nSPS) is 17.8. The third kappa shape index (κ3) is 1.83. The molecule has 0 unspecified atom stereocenters. The summed E-state index contributed by atoms with van der Waals surface area (Å²) in [7, 11) is 0. The van der Waals surface area contributed by atoms with Crippen molar-refractivity contribution in [2.75, 3.05) is 0 Å². The van der Waals surface area contributed by atoms with Crippen LogP contribution in [-0.4, -0.2) is 0 Å². The fourth-order valence-corrected chi connectivity index (χ4v) is 1.15. The number of nitrogens with zero attached hydrogens (tertiary/aromatic N) is 1. The van der Waals surface area contributed by atoms with Crippen LogP contribution in [0.3, 0.4) is 0 Å². The molecule has 0 amide bonds. The molecule has 0 aromatic carbocycles. The first kappa shape index (κ1) is 6.81. The molecule has 0 spiro atoms. The van der Waals surface area contributed by atoms with Gasteiger partial charge in [-0.25, -0.2) is 0 Å². The number of hydrogen-bond acceptors (Lipinski definition) is 1. The average Bonchev–Trinajstić information content (AvgIpc) is 1.90. The second-order valence-corrected chi connectivity index (χ2v) is 3.30. The maximum Gasteiger partial charge on any atom is 0.0947 e. The summed E-state index contributed by atoms with van der Waals surface area (Å²) in [4.78, 5) is 0. The van der Waals surface area contributed by atoms with Gasteiger partial charge in [0, 0.05) is 5.57 Å². The Morgan fingerprint density at radius 2 is 2.22 bits per heavy atom. The van der Waals surface area contributed by atoms with E-state index in [1.54, 1.807) is 0 Å². The van der Waals surface area contributed by atoms with Crippen LogP contribution in [0.1, 0.15) is 12.8 Å². The second kappa shape index (κ2) is 3.02. The van der Waals surface area contributed by atoms with Gasteiger partial charge in [0.05, 0.1) is 6.07 Å². The highest BCUT2D eigenvalue weighted by molar-refractivity contribution is 14.1. The van der Waals surface area contributed by atoms with Crippen molar-refractivity contribution in [2.24, 2.45) is 0 Å². The quantitative estimate of drug-likeness (QED) is 0.587. The molecule has 9 heavy (non-hydrogen) atoms. The molecule has 0 aromatic heterocycles. The lowest BCUT2D eigenvalue weighted by Crippen LogP contribution is -1.85. The maximum absolute atomic E-state index is 8.43. The summed E-state index contributed by atoms with van der Waals surface area (Å²) in [6.45, 7) is 0. The van der Waals surface area contributed by atoms with Gasteiger partial charge in [0.1, 0.15) is 0 Å². The van der Waals surface area contributed by atoms with Crippen LogP contribution < -0.4 is 0 Å².